The lowest BCUT2D eigenvalue weighted by Crippen LogP contribution is -2.56. The highest BCUT2D eigenvalue weighted by Gasteiger charge is 2.49. The molecule has 2 aromatic rings. The average Bonchev–Trinajstić information content (AvgIpc) is 3.39. The minimum Gasteiger partial charge on any atom is -0.371 e. The predicted molar refractivity (Wildman–Crippen MR) is 117 cm³/mol. The Morgan fingerprint density at radius 2 is 1.84 bits per heavy atom. The molecular weight excluding hydrogens is 396 g/mol. The van der Waals surface area contributed by atoms with E-state index < -0.39 is 17.2 Å². The molecule has 0 aliphatic carbocycles. The van der Waals surface area contributed by atoms with Gasteiger partial charge in [-0.15, -0.1) is 0 Å². The number of carbonyl (C=O) groups excluding carboxylic acids is 1. The van der Waals surface area contributed by atoms with Gasteiger partial charge in [0.05, 0.1) is 5.54 Å². The third kappa shape index (κ3) is 3.93. The summed E-state index contributed by atoms with van der Waals surface area (Å²) < 4.78 is 27.6. The molecule has 3 aliphatic rings. The van der Waals surface area contributed by atoms with Crippen molar-refractivity contribution in [3.8, 4) is 0 Å². The Hall–Kier alpha value is -2.47. The van der Waals surface area contributed by atoms with Crippen LogP contribution in [0.2, 0.25) is 0 Å². The molecule has 3 fully saturated rings. The number of halogens is 2. The lowest BCUT2D eigenvalue weighted by atomic mass is 9.76. The van der Waals surface area contributed by atoms with Gasteiger partial charge in [0.15, 0.2) is 11.6 Å². The lowest BCUT2D eigenvalue weighted by Gasteiger charge is -2.39. The van der Waals surface area contributed by atoms with E-state index in [0.29, 0.717) is 13.0 Å². The average molecular weight is 426 g/mol. The highest BCUT2D eigenvalue weighted by atomic mass is 19.2. The second-order valence-electron chi connectivity index (χ2n) is 9.28. The molecule has 164 valence electrons. The predicted octanol–water partition coefficient (Wildman–Crippen LogP) is 4.20. The summed E-state index contributed by atoms with van der Waals surface area (Å²) in [4.78, 5) is 17.2. The number of piperidine rings is 1. The van der Waals surface area contributed by atoms with Crippen LogP contribution in [0.3, 0.4) is 0 Å². The second kappa shape index (κ2) is 8.23. The van der Waals surface area contributed by atoms with Crippen molar-refractivity contribution in [2.45, 2.75) is 50.1 Å². The van der Waals surface area contributed by atoms with Crippen LogP contribution in [0.1, 0.15) is 49.1 Å². The monoisotopic (exact) mass is 425 g/mol. The van der Waals surface area contributed by atoms with Gasteiger partial charge in [0, 0.05) is 50.7 Å². The summed E-state index contributed by atoms with van der Waals surface area (Å²) >= 11 is 0. The summed E-state index contributed by atoms with van der Waals surface area (Å²) in [6.07, 6.45) is 4.66. The van der Waals surface area contributed by atoms with Crippen molar-refractivity contribution in [3.05, 3.63) is 65.2 Å². The van der Waals surface area contributed by atoms with E-state index in [0.717, 1.165) is 44.6 Å². The van der Waals surface area contributed by atoms with Crippen LogP contribution >= 0.6 is 0 Å². The largest absolute Gasteiger partial charge is 0.371 e. The van der Waals surface area contributed by atoms with Crippen LogP contribution in [0, 0.1) is 11.6 Å². The van der Waals surface area contributed by atoms with Crippen LogP contribution in [-0.4, -0.2) is 42.5 Å². The number of para-hydroxylation sites is 1. The maximum absolute atomic E-state index is 14.1. The molecule has 2 atom stereocenters. The summed E-state index contributed by atoms with van der Waals surface area (Å²) in [6.45, 7) is 4.39. The molecule has 1 N–H and O–H groups in total. The zero-order valence-corrected chi connectivity index (χ0v) is 17.7. The summed E-state index contributed by atoms with van der Waals surface area (Å²) in [7, 11) is 0. The Balaban J connectivity index is 1.44. The minimum atomic E-state index is -0.833. The highest BCUT2D eigenvalue weighted by Crippen LogP contribution is 2.42. The van der Waals surface area contributed by atoms with E-state index in [4.69, 9.17) is 0 Å². The number of nitrogens with one attached hydrogen (secondary N) is 1. The van der Waals surface area contributed by atoms with Gasteiger partial charge in [0.25, 0.3) is 0 Å². The third-order valence-corrected chi connectivity index (χ3v) is 7.21. The van der Waals surface area contributed by atoms with E-state index in [2.05, 4.69) is 39.4 Å². The number of hydrogen-bond donors (Lipinski definition) is 1. The van der Waals surface area contributed by atoms with Gasteiger partial charge in [-0.1, -0.05) is 24.3 Å². The molecule has 6 heteroatoms. The molecule has 0 bridgehead atoms. The van der Waals surface area contributed by atoms with Gasteiger partial charge < -0.3 is 10.2 Å². The van der Waals surface area contributed by atoms with Crippen molar-refractivity contribution in [1.29, 1.82) is 0 Å². The molecule has 0 radical (unpaired) electrons. The van der Waals surface area contributed by atoms with Gasteiger partial charge in [0.1, 0.15) is 0 Å². The fourth-order valence-corrected chi connectivity index (χ4v) is 5.78. The van der Waals surface area contributed by atoms with Crippen LogP contribution in [0.15, 0.2) is 42.5 Å². The Morgan fingerprint density at radius 3 is 2.61 bits per heavy atom. The SMILES string of the molecule is O=C1CCC[C@]2(CN(Cc3ccccc3N3CCCC3)C[C@H]2c2ccc(F)c(F)c2)N1. The van der Waals surface area contributed by atoms with Crippen molar-refractivity contribution >= 4 is 11.6 Å². The van der Waals surface area contributed by atoms with E-state index in [-0.39, 0.29) is 11.8 Å². The number of anilines is 1. The lowest BCUT2D eigenvalue weighted by molar-refractivity contribution is -0.125. The Kier molecular flexibility index (Phi) is 5.42. The number of carbonyl (C=O) groups is 1. The summed E-state index contributed by atoms with van der Waals surface area (Å²) in [6, 6.07) is 12.7. The molecule has 3 aliphatic heterocycles. The summed E-state index contributed by atoms with van der Waals surface area (Å²) in [5.41, 5.74) is 2.91. The molecule has 0 saturated carbocycles. The van der Waals surface area contributed by atoms with Crippen molar-refractivity contribution in [1.82, 2.24) is 10.2 Å². The van der Waals surface area contributed by atoms with Gasteiger partial charge in [-0.05, 0) is 55.0 Å². The Labute approximate surface area is 182 Å². The van der Waals surface area contributed by atoms with Crippen molar-refractivity contribution in [3.63, 3.8) is 0 Å². The topological polar surface area (TPSA) is 35.6 Å². The Morgan fingerprint density at radius 1 is 1.03 bits per heavy atom. The molecular formula is C25H29F2N3O. The number of rotatable bonds is 4. The molecule has 1 amide bonds. The molecule has 0 unspecified atom stereocenters. The van der Waals surface area contributed by atoms with Crippen LogP contribution in [0.25, 0.3) is 0 Å². The van der Waals surface area contributed by atoms with Crippen LogP contribution < -0.4 is 10.2 Å². The standard InChI is InChI=1S/C25H29F2N3O/c26-21-10-9-18(14-22(21)27)20-16-29(17-25(20)11-5-8-24(31)28-25)15-19-6-1-2-7-23(19)30-12-3-4-13-30/h1-2,6-7,9-10,14,20H,3-5,8,11-13,15-17H2,(H,28,31)/t20-,25+/m0/s1. The number of hydrogen-bond acceptors (Lipinski definition) is 3. The number of benzene rings is 2. The summed E-state index contributed by atoms with van der Waals surface area (Å²) in [5.74, 6) is -1.67. The molecule has 3 saturated heterocycles. The van der Waals surface area contributed by atoms with Gasteiger partial charge in [-0.3, -0.25) is 9.69 Å². The second-order valence-corrected chi connectivity index (χ2v) is 9.28. The van der Waals surface area contributed by atoms with E-state index in [1.54, 1.807) is 6.07 Å². The normalized spacial score (nSPS) is 26.6. The first-order chi connectivity index (χ1) is 15.0. The van der Waals surface area contributed by atoms with Gasteiger partial charge in [-0.25, -0.2) is 8.78 Å². The van der Waals surface area contributed by atoms with Gasteiger partial charge in [0.2, 0.25) is 5.91 Å². The first kappa shape index (κ1) is 20.4. The van der Waals surface area contributed by atoms with Crippen LogP contribution in [-0.2, 0) is 11.3 Å². The maximum Gasteiger partial charge on any atom is 0.220 e. The van der Waals surface area contributed by atoms with E-state index >= 15 is 0 Å². The van der Waals surface area contributed by atoms with E-state index in [9.17, 15) is 13.6 Å². The zero-order valence-electron chi connectivity index (χ0n) is 17.7. The van der Waals surface area contributed by atoms with Crippen molar-refractivity contribution < 1.29 is 13.6 Å². The fraction of sp³-hybridized carbons (Fsp3) is 0.480. The van der Waals surface area contributed by atoms with Gasteiger partial charge in [-0.2, -0.15) is 0 Å². The molecule has 31 heavy (non-hydrogen) atoms. The zero-order chi connectivity index (χ0) is 21.4. The fourth-order valence-electron chi connectivity index (χ4n) is 5.78. The first-order valence-electron chi connectivity index (χ1n) is 11.4. The highest BCUT2D eigenvalue weighted by molar-refractivity contribution is 5.78. The van der Waals surface area contributed by atoms with Gasteiger partial charge >= 0.3 is 0 Å². The quantitative estimate of drug-likeness (QED) is 0.797. The number of nitrogens with zero attached hydrogens (tertiary/aromatic N) is 2. The maximum atomic E-state index is 14.1. The van der Waals surface area contributed by atoms with Crippen molar-refractivity contribution in [2.75, 3.05) is 31.1 Å². The molecule has 1 spiro atoms. The molecule has 4 nitrogen and oxygen atoms in total. The molecule has 5 rings (SSSR count). The molecule has 3 heterocycles. The Bertz CT molecular complexity index is 975. The van der Waals surface area contributed by atoms with E-state index in [1.165, 1.54) is 36.2 Å². The molecule has 0 aromatic heterocycles. The van der Waals surface area contributed by atoms with Crippen molar-refractivity contribution in [2.24, 2.45) is 0 Å². The van der Waals surface area contributed by atoms with Crippen LogP contribution in [0.4, 0.5) is 14.5 Å². The summed E-state index contributed by atoms with van der Waals surface area (Å²) in [5, 5.41) is 3.25. The number of amides is 1. The minimum absolute atomic E-state index is 0.0538. The van der Waals surface area contributed by atoms with E-state index in [1.807, 2.05) is 0 Å². The number of likely N-dealkylation sites (tertiary alicyclic amines) is 1. The first-order valence-corrected chi connectivity index (χ1v) is 11.4. The smallest absolute Gasteiger partial charge is 0.220 e. The molecule has 2 aromatic carbocycles. The third-order valence-electron chi connectivity index (χ3n) is 7.21. The van der Waals surface area contributed by atoms with Crippen LogP contribution in [0.5, 0.6) is 0 Å².